The molecule has 1 aliphatic heterocycles. The van der Waals surface area contributed by atoms with Crippen LogP contribution in [0, 0.1) is 5.41 Å². The van der Waals surface area contributed by atoms with E-state index in [-0.39, 0.29) is 5.41 Å². The number of alkyl halides is 1. The lowest BCUT2D eigenvalue weighted by Gasteiger charge is -2.30. The molecule has 1 aliphatic rings. The Hall–Kier alpha value is -0.540. The molecule has 17 heavy (non-hydrogen) atoms. The molecule has 0 aliphatic carbocycles. The predicted molar refractivity (Wildman–Crippen MR) is 73.0 cm³/mol. The minimum absolute atomic E-state index is 0.203. The number of hydrogen-bond acceptors (Lipinski definition) is 2. The first kappa shape index (κ1) is 12.9. The molecule has 1 aromatic rings. The largest absolute Gasteiger partial charge is 0.496 e. The van der Waals surface area contributed by atoms with Gasteiger partial charge in [-0.3, -0.25) is 0 Å². The molecular weight excluding hydrogens is 280 g/mol. The summed E-state index contributed by atoms with van der Waals surface area (Å²) in [5, 5.41) is 0.971. The summed E-state index contributed by atoms with van der Waals surface area (Å²) in [6.07, 6.45) is 2.41. The first-order chi connectivity index (χ1) is 8.22. The molecule has 2 unspecified atom stereocenters. The summed E-state index contributed by atoms with van der Waals surface area (Å²) in [7, 11) is 1.73. The fourth-order valence-electron chi connectivity index (χ4n) is 2.50. The highest BCUT2D eigenvalue weighted by Crippen LogP contribution is 2.41. The Morgan fingerprint density at radius 3 is 2.82 bits per heavy atom. The molecule has 3 heteroatoms. The third-order valence-corrected chi connectivity index (χ3v) is 4.95. The van der Waals surface area contributed by atoms with Gasteiger partial charge in [-0.2, -0.15) is 0 Å². The van der Waals surface area contributed by atoms with Gasteiger partial charge < -0.3 is 9.47 Å². The van der Waals surface area contributed by atoms with E-state index in [0.717, 1.165) is 30.5 Å². The molecule has 2 atom stereocenters. The van der Waals surface area contributed by atoms with E-state index in [4.69, 9.17) is 9.47 Å². The van der Waals surface area contributed by atoms with Gasteiger partial charge in [0, 0.05) is 17.4 Å². The fraction of sp³-hybridized carbons (Fsp3) is 0.571. The quantitative estimate of drug-likeness (QED) is 0.793. The van der Waals surface area contributed by atoms with Gasteiger partial charge in [0.05, 0.1) is 13.2 Å². The number of halogens is 1. The molecule has 1 aromatic carbocycles. The van der Waals surface area contributed by atoms with Gasteiger partial charge in [-0.05, 0) is 31.4 Å². The predicted octanol–water partition coefficient (Wildman–Crippen LogP) is 3.43. The smallest absolute Gasteiger partial charge is 0.122 e. The van der Waals surface area contributed by atoms with Crippen LogP contribution >= 0.6 is 15.9 Å². The third kappa shape index (κ3) is 2.50. The van der Waals surface area contributed by atoms with Crippen molar-refractivity contribution >= 4 is 15.9 Å². The van der Waals surface area contributed by atoms with Crippen LogP contribution in [-0.2, 0) is 11.2 Å². The van der Waals surface area contributed by atoms with E-state index in [9.17, 15) is 0 Å². The normalized spacial score (nSPS) is 28.3. The minimum atomic E-state index is 0.203. The highest BCUT2D eigenvalue weighted by molar-refractivity contribution is 9.09. The molecule has 1 heterocycles. The molecule has 0 radical (unpaired) electrons. The van der Waals surface area contributed by atoms with E-state index < -0.39 is 0 Å². The van der Waals surface area contributed by atoms with Crippen LogP contribution in [0.4, 0.5) is 0 Å². The number of methoxy groups -OCH3 is 1. The monoisotopic (exact) mass is 298 g/mol. The van der Waals surface area contributed by atoms with E-state index >= 15 is 0 Å². The maximum absolute atomic E-state index is 5.73. The van der Waals surface area contributed by atoms with Crippen LogP contribution in [0.1, 0.15) is 18.9 Å². The lowest BCUT2D eigenvalue weighted by molar-refractivity contribution is 0.0744. The summed E-state index contributed by atoms with van der Waals surface area (Å²) < 4.78 is 11.2. The van der Waals surface area contributed by atoms with E-state index in [1.807, 2.05) is 12.1 Å². The van der Waals surface area contributed by atoms with Crippen molar-refractivity contribution in [2.45, 2.75) is 25.9 Å². The molecule has 0 spiro atoms. The first-order valence-electron chi connectivity index (χ1n) is 6.01. The molecule has 0 saturated carbocycles. The van der Waals surface area contributed by atoms with Crippen molar-refractivity contribution < 1.29 is 9.47 Å². The van der Waals surface area contributed by atoms with Crippen molar-refractivity contribution in [3.8, 4) is 5.75 Å². The van der Waals surface area contributed by atoms with Gasteiger partial charge in [-0.1, -0.05) is 34.1 Å². The molecular formula is C14H19BrO2. The molecule has 0 amide bonds. The maximum Gasteiger partial charge on any atom is 0.122 e. The average molecular weight is 299 g/mol. The van der Waals surface area contributed by atoms with Crippen LogP contribution in [0.5, 0.6) is 5.75 Å². The number of para-hydroxylation sites is 1. The summed E-state index contributed by atoms with van der Waals surface area (Å²) in [6.45, 7) is 3.03. The van der Waals surface area contributed by atoms with Crippen molar-refractivity contribution in [3.63, 3.8) is 0 Å². The Morgan fingerprint density at radius 2 is 2.24 bits per heavy atom. The Morgan fingerprint density at radius 1 is 1.47 bits per heavy atom. The van der Waals surface area contributed by atoms with Crippen LogP contribution in [0.25, 0.3) is 0 Å². The van der Waals surface area contributed by atoms with Crippen LogP contribution in [0.3, 0.4) is 0 Å². The van der Waals surface area contributed by atoms with Crippen molar-refractivity contribution in [3.05, 3.63) is 29.8 Å². The zero-order valence-electron chi connectivity index (χ0n) is 10.4. The van der Waals surface area contributed by atoms with Crippen LogP contribution in [0.2, 0.25) is 0 Å². The van der Waals surface area contributed by atoms with Crippen molar-refractivity contribution in [2.75, 3.05) is 19.0 Å². The number of rotatable bonds is 4. The van der Waals surface area contributed by atoms with Crippen LogP contribution < -0.4 is 4.74 Å². The number of hydrogen-bond donors (Lipinski definition) is 0. The Labute approximate surface area is 111 Å². The summed E-state index contributed by atoms with van der Waals surface area (Å²) >= 11 is 3.66. The molecule has 1 saturated heterocycles. The highest BCUT2D eigenvalue weighted by Gasteiger charge is 2.41. The van der Waals surface area contributed by atoms with Gasteiger partial charge in [0.15, 0.2) is 0 Å². The molecule has 94 valence electrons. The van der Waals surface area contributed by atoms with Crippen molar-refractivity contribution in [1.29, 1.82) is 0 Å². The Bertz CT molecular complexity index is 380. The minimum Gasteiger partial charge on any atom is -0.496 e. The molecule has 0 N–H and O–H groups in total. The summed E-state index contributed by atoms with van der Waals surface area (Å²) in [5.74, 6) is 0.979. The zero-order chi connectivity index (χ0) is 12.3. The van der Waals surface area contributed by atoms with Crippen molar-refractivity contribution in [2.24, 2.45) is 5.41 Å². The van der Waals surface area contributed by atoms with Gasteiger partial charge in [-0.15, -0.1) is 0 Å². The molecule has 1 fully saturated rings. The second-order valence-electron chi connectivity index (χ2n) is 4.75. The lowest BCUT2D eigenvalue weighted by Crippen LogP contribution is -2.33. The molecule has 0 bridgehead atoms. The second kappa shape index (κ2) is 5.40. The summed E-state index contributed by atoms with van der Waals surface area (Å²) in [6, 6.07) is 8.25. The highest BCUT2D eigenvalue weighted by atomic mass is 79.9. The standard InChI is InChI=1S/C14H19BrO2/c1-11-14(10-15,7-8-17-11)9-12-5-3-4-6-13(12)16-2/h3-6,11H,7-10H2,1-2H3. The first-order valence-corrected chi connectivity index (χ1v) is 7.13. The number of benzene rings is 1. The fourth-order valence-corrected chi connectivity index (χ4v) is 3.44. The lowest BCUT2D eigenvalue weighted by atomic mass is 9.78. The third-order valence-electron chi connectivity index (χ3n) is 3.83. The Kier molecular flexibility index (Phi) is 4.10. The number of ether oxygens (including phenoxy) is 2. The van der Waals surface area contributed by atoms with E-state index in [2.05, 4.69) is 35.0 Å². The SMILES string of the molecule is COc1ccccc1CC1(CBr)CCOC1C. The Balaban J connectivity index is 2.24. The maximum atomic E-state index is 5.73. The molecule has 0 aromatic heterocycles. The van der Waals surface area contributed by atoms with E-state index in [1.165, 1.54) is 5.56 Å². The second-order valence-corrected chi connectivity index (χ2v) is 5.31. The van der Waals surface area contributed by atoms with Crippen molar-refractivity contribution in [1.82, 2.24) is 0 Å². The van der Waals surface area contributed by atoms with Crippen LogP contribution in [-0.4, -0.2) is 25.2 Å². The summed E-state index contributed by atoms with van der Waals surface area (Å²) in [5.41, 5.74) is 1.47. The van der Waals surface area contributed by atoms with Gasteiger partial charge in [0.2, 0.25) is 0 Å². The van der Waals surface area contributed by atoms with Gasteiger partial charge >= 0.3 is 0 Å². The van der Waals surface area contributed by atoms with E-state index in [1.54, 1.807) is 7.11 Å². The molecule has 2 nitrogen and oxygen atoms in total. The van der Waals surface area contributed by atoms with Gasteiger partial charge in [-0.25, -0.2) is 0 Å². The van der Waals surface area contributed by atoms with Gasteiger partial charge in [0.25, 0.3) is 0 Å². The topological polar surface area (TPSA) is 18.5 Å². The van der Waals surface area contributed by atoms with Gasteiger partial charge in [0.1, 0.15) is 5.75 Å². The van der Waals surface area contributed by atoms with E-state index in [0.29, 0.717) is 6.10 Å². The summed E-state index contributed by atoms with van der Waals surface area (Å²) in [4.78, 5) is 0. The van der Waals surface area contributed by atoms with Crippen LogP contribution in [0.15, 0.2) is 24.3 Å². The average Bonchev–Trinajstić information content (AvgIpc) is 2.72. The molecule has 2 rings (SSSR count). The zero-order valence-corrected chi connectivity index (χ0v) is 12.0.